The molecular formula is C35H50N2O. The summed E-state index contributed by atoms with van der Waals surface area (Å²) in [7, 11) is 0. The van der Waals surface area contributed by atoms with Gasteiger partial charge in [-0.05, 0) is 118 Å². The molecule has 206 valence electrons. The molecule has 0 N–H and O–H groups in total. The first kappa shape index (κ1) is 27.6. The van der Waals surface area contributed by atoms with Gasteiger partial charge >= 0.3 is 0 Å². The van der Waals surface area contributed by atoms with Crippen LogP contribution in [-0.4, -0.2) is 6.61 Å². The molecule has 0 saturated heterocycles. The molecule has 6 aliphatic carbocycles. The summed E-state index contributed by atoms with van der Waals surface area (Å²) in [6, 6.07) is 9.09. The number of fused-ring (bicyclic) bond motifs is 6. The fourth-order valence-corrected chi connectivity index (χ4v) is 9.08. The SMILES string of the molecule is CCCCCC12CCC(COc3ccc(C45CCC(CCCCC)(CC4)CC5)c(C#N)c3C#N)(CC1)CC2. The molecule has 3 nitrogen and oxygen atoms in total. The van der Waals surface area contributed by atoms with Crippen LogP contribution >= 0.6 is 0 Å². The Hall–Kier alpha value is -2.00. The highest BCUT2D eigenvalue weighted by atomic mass is 16.5. The Labute approximate surface area is 232 Å². The number of hydrogen-bond acceptors (Lipinski definition) is 3. The smallest absolute Gasteiger partial charge is 0.138 e. The molecule has 0 unspecified atom stereocenters. The molecule has 3 heteroatoms. The normalized spacial score (nSPS) is 33.6. The first-order valence-electron chi connectivity index (χ1n) is 16.1. The second kappa shape index (κ2) is 11.2. The van der Waals surface area contributed by atoms with E-state index >= 15 is 0 Å². The summed E-state index contributed by atoms with van der Waals surface area (Å²) in [6.45, 7) is 5.28. The number of nitriles is 2. The van der Waals surface area contributed by atoms with E-state index in [9.17, 15) is 10.5 Å². The summed E-state index contributed by atoms with van der Waals surface area (Å²) in [4.78, 5) is 0. The van der Waals surface area contributed by atoms with E-state index in [0.29, 0.717) is 34.3 Å². The van der Waals surface area contributed by atoms with Crippen LogP contribution < -0.4 is 4.74 Å². The number of rotatable bonds is 12. The second-order valence-corrected chi connectivity index (χ2v) is 14.1. The fraction of sp³-hybridized carbons (Fsp3) is 0.771. The lowest BCUT2D eigenvalue weighted by atomic mass is 9.50. The predicted octanol–water partition coefficient (Wildman–Crippen LogP) is 9.90. The van der Waals surface area contributed by atoms with Crippen LogP contribution in [0.2, 0.25) is 0 Å². The van der Waals surface area contributed by atoms with Gasteiger partial charge in [0.1, 0.15) is 23.5 Å². The van der Waals surface area contributed by atoms with Crippen LogP contribution in [-0.2, 0) is 5.41 Å². The molecule has 1 aromatic carbocycles. The third-order valence-corrected chi connectivity index (χ3v) is 12.1. The van der Waals surface area contributed by atoms with Crippen LogP contribution in [0.5, 0.6) is 5.75 Å². The van der Waals surface area contributed by atoms with Crippen LogP contribution in [0.3, 0.4) is 0 Å². The average Bonchev–Trinajstić information content (AvgIpc) is 2.98. The van der Waals surface area contributed by atoms with Gasteiger partial charge in [-0.2, -0.15) is 10.5 Å². The summed E-state index contributed by atoms with van der Waals surface area (Å²) < 4.78 is 6.48. The number of hydrogen-bond donors (Lipinski definition) is 0. The van der Waals surface area contributed by atoms with Gasteiger partial charge in [-0.15, -0.1) is 0 Å². The maximum Gasteiger partial charge on any atom is 0.138 e. The van der Waals surface area contributed by atoms with E-state index in [1.165, 1.54) is 128 Å². The van der Waals surface area contributed by atoms with Crippen molar-refractivity contribution in [3.8, 4) is 17.9 Å². The third kappa shape index (κ3) is 5.12. The van der Waals surface area contributed by atoms with Gasteiger partial charge in [0.15, 0.2) is 0 Å². The minimum absolute atomic E-state index is 0.0776. The van der Waals surface area contributed by atoms with Crippen molar-refractivity contribution in [3.63, 3.8) is 0 Å². The fourth-order valence-electron chi connectivity index (χ4n) is 9.08. The van der Waals surface area contributed by atoms with Gasteiger partial charge in [-0.3, -0.25) is 0 Å². The molecular weight excluding hydrogens is 464 g/mol. The molecule has 6 fully saturated rings. The second-order valence-electron chi connectivity index (χ2n) is 14.1. The standard InChI is InChI=1S/C35H50N2O/c1-3-5-7-11-32-13-16-34(17-14-32,18-15-32)27-38-31-10-9-30(28(25-36)29(31)26-37)35-22-19-33(20-23-35,21-24-35)12-8-6-4-2/h9-10H,3-8,11-24,27H2,1-2H3. The quantitative estimate of drug-likeness (QED) is 0.261. The molecule has 7 rings (SSSR count). The molecule has 0 atom stereocenters. The first-order valence-corrected chi connectivity index (χ1v) is 16.1. The van der Waals surface area contributed by atoms with Crippen LogP contribution in [0, 0.1) is 38.9 Å². The summed E-state index contributed by atoms with van der Waals surface area (Å²) >= 11 is 0. The maximum atomic E-state index is 10.3. The molecule has 1 aromatic rings. The van der Waals surface area contributed by atoms with Gasteiger partial charge in [-0.1, -0.05) is 58.4 Å². The molecule has 6 aliphatic rings. The number of benzene rings is 1. The highest BCUT2D eigenvalue weighted by Crippen LogP contribution is 2.61. The van der Waals surface area contributed by atoms with E-state index in [2.05, 4.69) is 32.1 Å². The van der Waals surface area contributed by atoms with Crippen LogP contribution in [0.1, 0.15) is 159 Å². The first-order chi connectivity index (χ1) is 18.5. The molecule has 0 aliphatic heterocycles. The van der Waals surface area contributed by atoms with Crippen molar-refractivity contribution in [1.29, 1.82) is 10.5 Å². The van der Waals surface area contributed by atoms with Crippen molar-refractivity contribution in [1.82, 2.24) is 0 Å². The summed E-state index contributed by atoms with van der Waals surface area (Å²) in [6.07, 6.45) is 26.0. The average molecular weight is 515 g/mol. The Morgan fingerprint density at radius 1 is 0.632 bits per heavy atom. The van der Waals surface area contributed by atoms with Crippen molar-refractivity contribution >= 4 is 0 Å². The number of unbranched alkanes of at least 4 members (excludes halogenated alkanes) is 4. The highest BCUT2D eigenvalue weighted by molar-refractivity contribution is 5.60. The van der Waals surface area contributed by atoms with E-state index in [1.54, 1.807) is 0 Å². The van der Waals surface area contributed by atoms with Gasteiger partial charge in [-0.25, -0.2) is 0 Å². The van der Waals surface area contributed by atoms with Crippen molar-refractivity contribution in [3.05, 3.63) is 28.8 Å². The molecule has 0 amide bonds. The minimum atomic E-state index is 0.0776. The monoisotopic (exact) mass is 514 g/mol. The zero-order chi connectivity index (χ0) is 26.7. The van der Waals surface area contributed by atoms with E-state index in [4.69, 9.17) is 4.74 Å². The van der Waals surface area contributed by atoms with Crippen molar-refractivity contribution < 1.29 is 4.74 Å². The summed E-state index contributed by atoms with van der Waals surface area (Å²) in [5, 5.41) is 20.5. The zero-order valence-corrected chi connectivity index (χ0v) is 24.3. The molecule has 38 heavy (non-hydrogen) atoms. The van der Waals surface area contributed by atoms with Gasteiger partial charge < -0.3 is 4.74 Å². The van der Waals surface area contributed by atoms with Crippen molar-refractivity contribution in [2.24, 2.45) is 16.2 Å². The third-order valence-electron chi connectivity index (χ3n) is 12.1. The Morgan fingerprint density at radius 3 is 1.58 bits per heavy atom. The van der Waals surface area contributed by atoms with E-state index in [0.717, 1.165) is 5.56 Å². The van der Waals surface area contributed by atoms with E-state index < -0.39 is 0 Å². The predicted molar refractivity (Wildman–Crippen MR) is 154 cm³/mol. The van der Waals surface area contributed by atoms with Crippen molar-refractivity contribution in [2.75, 3.05) is 6.61 Å². The van der Waals surface area contributed by atoms with Gasteiger partial charge in [0.25, 0.3) is 0 Å². The molecule has 0 aromatic heterocycles. The van der Waals surface area contributed by atoms with E-state index in [1.807, 2.05) is 6.07 Å². The molecule has 6 saturated carbocycles. The van der Waals surface area contributed by atoms with Gasteiger partial charge in [0, 0.05) is 5.41 Å². The lowest BCUT2D eigenvalue weighted by Crippen LogP contribution is -2.45. The van der Waals surface area contributed by atoms with Crippen LogP contribution in [0.25, 0.3) is 0 Å². The Bertz CT molecular complexity index is 1020. The van der Waals surface area contributed by atoms with Crippen LogP contribution in [0.4, 0.5) is 0 Å². The Kier molecular flexibility index (Phi) is 8.15. The van der Waals surface area contributed by atoms with E-state index in [-0.39, 0.29) is 10.8 Å². The van der Waals surface area contributed by atoms with Gasteiger partial charge in [0.05, 0.1) is 12.2 Å². The number of ether oxygens (including phenoxy) is 1. The highest BCUT2D eigenvalue weighted by Gasteiger charge is 2.50. The lowest BCUT2D eigenvalue weighted by Gasteiger charge is -2.54. The summed E-state index contributed by atoms with van der Waals surface area (Å²) in [5.74, 6) is 0.643. The topological polar surface area (TPSA) is 56.8 Å². The zero-order valence-electron chi connectivity index (χ0n) is 24.3. The molecule has 4 bridgehead atoms. The maximum absolute atomic E-state index is 10.3. The van der Waals surface area contributed by atoms with Crippen molar-refractivity contribution in [2.45, 2.75) is 148 Å². The number of nitrogens with zero attached hydrogens (tertiary/aromatic N) is 2. The molecule has 0 radical (unpaired) electrons. The largest absolute Gasteiger partial charge is 0.492 e. The molecule has 0 spiro atoms. The summed E-state index contributed by atoms with van der Waals surface area (Å²) in [5.41, 5.74) is 3.70. The minimum Gasteiger partial charge on any atom is -0.492 e. The van der Waals surface area contributed by atoms with Gasteiger partial charge in [0.2, 0.25) is 0 Å². The Balaban J connectivity index is 1.27. The Morgan fingerprint density at radius 2 is 1.11 bits per heavy atom. The molecule has 0 heterocycles. The van der Waals surface area contributed by atoms with Crippen LogP contribution in [0.15, 0.2) is 12.1 Å². The lowest BCUT2D eigenvalue weighted by molar-refractivity contribution is -0.0409.